The minimum Gasteiger partial charge on any atom is -0.296 e. The first-order valence-corrected chi connectivity index (χ1v) is 8.29. The van der Waals surface area contributed by atoms with Gasteiger partial charge in [0, 0.05) is 18.7 Å². The molecule has 0 saturated heterocycles. The maximum atomic E-state index is 13.9. The molecule has 0 N–H and O–H groups in total. The lowest BCUT2D eigenvalue weighted by atomic mass is 10.1. The molecular formula is C19H13F3N4O2. The van der Waals surface area contributed by atoms with Crippen LogP contribution in [0.5, 0.6) is 0 Å². The Morgan fingerprint density at radius 2 is 1.71 bits per heavy atom. The third-order valence-corrected chi connectivity index (χ3v) is 4.16. The standard InChI is InChI=1S/C19H13F3N4O2/c20-13-3-1-12(2-4-13)9-18-24-28-19(27)25(18)11-15-7-8-26(23-15)17-6-5-14(21)10-16(17)22/h1-8,10H,9,11H2. The molecule has 0 unspecified atom stereocenters. The van der Waals surface area contributed by atoms with Gasteiger partial charge in [-0.25, -0.2) is 22.6 Å². The van der Waals surface area contributed by atoms with Gasteiger partial charge in [0.1, 0.15) is 17.3 Å². The molecule has 0 aliphatic rings. The second-order valence-electron chi connectivity index (χ2n) is 6.10. The van der Waals surface area contributed by atoms with Crippen molar-refractivity contribution in [2.45, 2.75) is 13.0 Å². The molecule has 0 atom stereocenters. The van der Waals surface area contributed by atoms with Crippen molar-refractivity contribution in [1.29, 1.82) is 0 Å². The normalized spacial score (nSPS) is 11.1. The zero-order valence-corrected chi connectivity index (χ0v) is 14.3. The minimum absolute atomic E-state index is 0.0503. The number of hydrogen-bond donors (Lipinski definition) is 0. The fourth-order valence-corrected chi connectivity index (χ4v) is 2.77. The monoisotopic (exact) mass is 386 g/mol. The van der Waals surface area contributed by atoms with Crippen molar-refractivity contribution in [1.82, 2.24) is 19.5 Å². The summed E-state index contributed by atoms with van der Waals surface area (Å²) in [6.07, 6.45) is 1.77. The molecule has 0 amide bonds. The Bertz CT molecular complexity index is 1180. The van der Waals surface area contributed by atoms with Crippen LogP contribution in [0.15, 0.2) is 64.0 Å². The molecule has 2 aromatic heterocycles. The van der Waals surface area contributed by atoms with Gasteiger partial charge in [-0.1, -0.05) is 17.3 Å². The first kappa shape index (κ1) is 17.8. The molecule has 9 heteroatoms. The van der Waals surface area contributed by atoms with Crippen LogP contribution in [-0.2, 0) is 13.0 Å². The lowest BCUT2D eigenvalue weighted by molar-refractivity contribution is 0.375. The number of hydrogen-bond acceptors (Lipinski definition) is 4. The molecule has 4 rings (SSSR count). The average molecular weight is 386 g/mol. The molecule has 142 valence electrons. The lowest BCUT2D eigenvalue weighted by Crippen LogP contribution is -2.18. The van der Waals surface area contributed by atoms with Crippen molar-refractivity contribution < 1.29 is 17.7 Å². The molecule has 0 saturated carbocycles. The first-order chi connectivity index (χ1) is 13.5. The van der Waals surface area contributed by atoms with Gasteiger partial charge in [0.05, 0.1) is 12.2 Å². The Morgan fingerprint density at radius 1 is 0.964 bits per heavy atom. The fraction of sp³-hybridized carbons (Fsp3) is 0.105. The van der Waals surface area contributed by atoms with Crippen LogP contribution in [-0.4, -0.2) is 19.5 Å². The van der Waals surface area contributed by atoms with E-state index in [1.54, 1.807) is 18.2 Å². The summed E-state index contributed by atoms with van der Waals surface area (Å²) in [5, 5.41) is 7.99. The van der Waals surface area contributed by atoms with E-state index in [0.717, 1.165) is 17.7 Å². The van der Waals surface area contributed by atoms with Crippen LogP contribution in [0.4, 0.5) is 13.2 Å². The molecule has 0 spiro atoms. The molecule has 4 aromatic rings. The van der Waals surface area contributed by atoms with Gasteiger partial charge in [0.2, 0.25) is 0 Å². The zero-order chi connectivity index (χ0) is 19.7. The van der Waals surface area contributed by atoms with E-state index >= 15 is 0 Å². The Hall–Kier alpha value is -3.62. The Kier molecular flexibility index (Phi) is 4.56. The van der Waals surface area contributed by atoms with E-state index in [0.29, 0.717) is 11.5 Å². The highest BCUT2D eigenvalue weighted by Gasteiger charge is 2.14. The summed E-state index contributed by atoms with van der Waals surface area (Å²) in [5.74, 6) is -2.12. The largest absolute Gasteiger partial charge is 0.441 e. The highest BCUT2D eigenvalue weighted by molar-refractivity contribution is 5.33. The Balaban J connectivity index is 1.58. The number of aromatic nitrogens is 4. The molecule has 2 aromatic carbocycles. The predicted molar refractivity (Wildman–Crippen MR) is 92.6 cm³/mol. The lowest BCUT2D eigenvalue weighted by Gasteiger charge is -2.04. The van der Waals surface area contributed by atoms with Gasteiger partial charge in [-0.05, 0) is 35.9 Å². The quantitative estimate of drug-likeness (QED) is 0.529. The van der Waals surface area contributed by atoms with E-state index in [1.165, 1.54) is 33.6 Å². The second kappa shape index (κ2) is 7.18. The van der Waals surface area contributed by atoms with Crippen molar-refractivity contribution in [2.75, 3.05) is 0 Å². The van der Waals surface area contributed by atoms with Crippen molar-refractivity contribution in [2.24, 2.45) is 0 Å². The molecule has 0 aliphatic heterocycles. The Morgan fingerprint density at radius 3 is 2.46 bits per heavy atom. The second-order valence-corrected chi connectivity index (χ2v) is 6.10. The van der Waals surface area contributed by atoms with E-state index < -0.39 is 17.4 Å². The summed E-state index contributed by atoms with van der Waals surface area (Å²) in [6.45, 7) is 0.0503. The highest BCUT2D eigenvalue weighted by atomic mass is 19.1. The summed E-state index contributed by atoms with van der Waals surface area (Å²) in [7, 11) is 0. The van der Waals surface area contributed by atoms with Crippen LogP contribution in [0.25, 0.3) is 5.69 Å². The number of benzene rings is 2. The van der Waals surface area contributed by atoms with Gasteiger partial charge in [0.15, 0.2) is 11.6 Å². The summed E-state index contributed by atoms with van der Waals surface area (Å²) in [4.78, 5) is 12.0. The van der Waals surface area contributed by atoms with E-state index in [4.69, 9.17) is 4.52 Å². The molecule has 0 bridgehead atoms. The maximum Gasteiger partial charge on any atom is 0.441 e. The average Bonchev–Trinajstić information content (AvgIpc) is 3.26. The highest BCUT2D eigenvalue weighted by Crippen LogP contribution is 2.15. The van der Waals surface area contributed by atoms with E-state index in [1.807, 2.05) is 0 Å². The van der Waals surface area contributed by atoms with Gasteiger partial charge in [-0.3, -0.25) is 9.09 Å². The van der Waals surface area contributed by atoms with Crippen LogP contribution in [0.3, 0.4) is 0 Å². The third-order valence-electron chi connectivity index (χ3n) is 4.16. The van der Waals surface area contributed by atoms with Gasteiger partial charge in [-0.2, -0.15) is 5.10 Å². The van der Waals surface area contributed by atoms with E-state index in [2.05, 4.69) is 10.3 Å². The summed E-state index contributed by atoms with van der Waals surface area (Å²) >= 11 is 0. The summed E-state index contributed by atoms with van der Waals surface area (Å²) < 4.78 is 47.3. The number of nitrogens with zero attached hydrogens (tertiary/aromatic N) is 4. The number of halogens is 3. The van der Waals surface area contributed by atoms with Crippen molar-refractivity contribution in [3.63, 3.8) is 0 Å². The zero-order valence-electron chi connectivity index (χ0n) is 14.3. The van der Waals surface area contributed by atoms with Gasteiger partial charge >= 0.3 is 5.76 Å². The number of rotatable bonds is 5. The minimum atomic E-state index is -0.756. The van der Waals surface area contributed by atoms with E-state index in [9.17, 15) is 18.0 Å². The van der Waals surface area contributed by atoms with Gasteiger partial charge in [-0.15, -0.1) is 0 Å². The Labute approximate surface area is 156 Å². The first-order valence-electron chi connectivity index (χ1n) is 8.29. The fourth-order valence-electron chi connectivity index (χ4n) is 2.77. The van der Waals surface area contributed by atoms with Crippen LogP contribution >= 0.6 is 0 Å². The predicted octanol–water partition coefficient (Wildman–Crippen LogP) is 3.08. The van der Waals surface area contributed by atoms with Crippen LogP contribution in [0.1, 0.15) is 17.1 Å². The van der Waals surface area contributed by atoms with Gasteiger partial charge < -0.3 is 0 Å². The molecule has 2 heterocycles. The van der Waals surface area contributed by atoms with Gasteiger partial charge in [0.25, 0.3) is 0 Å². The molecule has 28 heavy (non-hydrogen) atoms. The third kappa shape index (κ3) is 3.59. The maximum absolute atomic E-state index is 13.9. The molecule has 6 nitrogen and oxygen atoms in total. The molecule has 0 aliphatic carbocycles. The molecule has 0 radical (unpaired) electrons. The van der Waals surface area contributed by atoms with Crippen molar-refractivity contribution >= 4 is 0 Å². The topological polar surface area (TPSA) is 65.8 Å². The van der Waals surface area contributed by atoms with Crippen LogP contribution in [0.2, 0.25) is 0 Å². The summed E-state index contributed by atoms with van der Waals surface area (Å²) in [6, 6.07) is 10.6. The SMILES string of the molecule is O=c1onc(Cc2ccc(F)cc2)n1Cc1ccn(-c2ccc(F)cc2F)n1. The van der Waals surface area contributed by atoms with Crippen LogP contribution < -0.4 is 5.76 Å². The van der Waals surface area contributed by atoms with Crippen LogP contribution in [0, 0.1) is 17.5 Å². The molecular weight excluding hydrogens is 373 g/mol. The van der Waals surface area contributed by atoms with E-state index in [-0.39, 0.29) is 24.5 Å². The summed E-state index contributed by atoms with van der Waals surface area (Å²) in [5.41, 5.74) is 1.29. The smallest absolute Gasteiger partial charge is 0.296 e. The molecule has 0 fully saturated rings. The van der Waals surface area contributed by atoms with Crippen molar-refractivity contribution in [3.8, 4) is 5.69 Å². The van der Waals surface area contributed by atoms with Crippen molar-refractivity contribution in [3.05, 3.63) is 99.8 Å².